The highest BCUT2D eigenvalue weighted by Gasteiger charge is 2.24. The summed E-state index contributed by atoms with van der Waals surface area (Å²) in [7, 11) is 0. The van der Waals surface area contributed by atoms with Gasteiger partial charge >= 0.3 is 0 Å². The van der Waals surface area contributed by atoms with Gasteiger partial charge in [0.1, 0.15) is 0 Å². The van der Waals surface area contributed by atoms with Gasteiger partial charge in [0.25, 0.3) is 0 Å². The molecule has 1 atom stereocenters. The van der Waals surface area contributed by atoms with E-state index in [-0.39, 0.29) is 0 Å². The summed E-state index contributed by atoms with van der Waals surface area (Å²) in [5.41, 5.74) is 5.27. The Hall–Kier alpha value is -0.990. The van der Waals surface area contributed by atoms with Gasteiger partial charge in [0.05, 0.1) is 10.4 Å². The molecule has 0 saturated heterocycles. The molecule has 1 heterocycles. The van der Waals surface area contributed by atoms with Crippen LogP contribution in [0.25, 0.3) is 0 Å². The molecule has 0 amide bonds. The van der Waals surface area contributed by atoms with Gasteiger partial charge in [0.15, 0.2) is 0 Å². The molecule has 3 heteroatoms. The second kappa shape index (κ2) is 4.60. The minimum atomic E-state index is 0.422. The SMILES string of the molecule is Cc1ccc(NC2CCc3sc(Cl)cc32)cc1C. The number of aryl methyl sites for hydroxylation is 3. The van der Waals surface area contributed by atoms with Gasteiger partial charge in [-0.25, -0.2) is 0 Å². The van der Waals surface area contributed by atoms with Gasteiger partial charge in [0, 0.05) is 10.6 Å². The number of fused-ring (bicyclic) bond motifs is 1. The molecule has 0 saturated carbocycles. The first kappa shape index (κ1) is 12.1. The van der Waals surface area contributed by atoms with Crippen LogP contribution in [0, 0.1) is 13.8 Å². The lowest BCUT2D eigenvalue weighted by molar-refractivity contribution is 0.762. The van der Waals surface area contributed by atoms with E-state index in [1.54, 1.807) is 11.3 Å². The highest BCUT2D eigenvalue weighted by molar-refractivity contribution is 7.16. The fraction of sp³-hybridized carbons (Fsp3) is 0.333. The average Bonchev–Trinajstić information content (AvgIpc) is 2.85. The van der Waals surface area contributed by atoms with Gasteiger partial charge < -0.3 is 5.32 Å². The van der Waals surface area contributed by atoms with Crippen LogP contribution in [0.15, 0.2) is 24.3 Å². The highest BCUT2D eigenvalue weighted by Crippen LogP contribution is 2.40. The number of thiophene rings is 1. The van der Waals surface area contributed by atoms with Gasteiger partial charge in [-0.1, -0.05) is 17.7 Å². The molecule has 1 nitrogen and oxygen atoms in total. The summed E-state index contributed by atoms with van der Waals surface area (Å²) in [5.74, 6) is 0. The smallest absolute Gasteiger partial charge is 0.0934 e. The average molecular weight is 278 g/mol. The molecule has 2 aromatic rings. The lowest BCUT2D eigenvalue weighted by Crippen LogP contribution is -2.06. The van der Waals surface area contributed by atoms with Crippen molar-refractivity contribution in [2.45, 2.75) is 32.7 Å². The van der Waals surface area contributed by atoms with E-state index in [4.69, 9.17) is 11.6 Å². The van der Waals surface area contributed by atoms with Crippen molar-refractivity contribution in [2.75, 3.05) is 5.32 Å². The second-order valence-corrected chi connectivity index (χ2v) is 6.73. The predicted octanol–water partition coefficient (Wildman–Crippen LogP) is 5.12. The topological polar surface area (TPSA) is 12.0 Å². The maximum absolute atomic E-state index is 6.08. The summed E-state index contributed by atoms with van der Waals surface area (Å²) in [6, 6.07) is 9.10. The molecule has 0 spiro atoms. The Kier molecular flexibility index (Phi) is 3.08. The number of benzene rings is 1. The molecule has 0 bridgehead atoms. The molecular weight excluding hydrogens is 262 g/mol. The summed E-state index contributed by atoms with van der Waals surface area (Å²) < 4.78 is 0.909. The van der Waals surface area contributed by atoms with Gasteiger partial charge in [-0.3, -0.25) is 0 Å². The zero-order valence-electron chi connectivity index (χ0n) is 10.6. The van der Waals surface area contributed by atoms with Crippen LogP contribution < -0.4 is 5.32 Å². The van der Waals surface area contributed by atoms with Crippen LogP contribution in [0.1, 0.15) is 34.0 Å². The van der Waals surface area contributed by atoms with Crippen molar-refractivity contribution in [1.82, 2.24) is 0 Å². The Morgan fingerprint density at radius 2 is 2.06 bits per heavy atom. The fourth-order valence-corrected chi connectivity index (χ4v) is 3.87. The Morgan fingerprint density at radius 3 is 2.83 bits per heavy atom. The summed E-state index contributed by atoms with van der Waals surface area (Å²) in [5, 5.41) is 3.63. The third-order valence-electron chi connectivity index (χ3n) is 3.69. The molecular formula is C15H16ClNS. The minimum Gasteiger partial charge on any atom is -0.378 e. The zero-order chi connectivity index (χ0) is 12.7. The van der Waals surface area contributed by atoms with E-state index in [1.165, 1.54) is 33.7 Å². The quantitative estimate of drug-likeness (QED) is 0.803. The molecule has 1 aromatic heterocycles. The number of hydrogen-bond acceptors (Lipinski definition) is 2. The van der Waals surface area contributed by atoms with E-state index in [1.807, 2.05) is 0 Å². The summed E-state index contributed by atoms with van der Waals surface area (Å²) >= 11 is 7.81. The molecule has 0 aliphatic heterocycles. The molecule has 1 aromatic carbocycles. The van der Waals surface area contributed by atoms with E-state index in [0.717, 1.165) is 10.8 Å². The normalized spacial score (nSPS) is 17.8. The summed E-state index contributed by atoms with van der Waals surface area (Å²) in [6.45, 7) is 4.30. The highest BCUT2D eigenvalue weighted by atomic mass is 35.5. The van der Waals surface area contributed by atoms with Crippen molar-refractivity contribution in [1.29, 1.82) is 0 Å². The number of nitrogens with one attached hydrogen (secondary N) is 1. The Labute approximate surface area is 117 Å². The molecule has 0 radical (unpaired) electrons. The predicted molar refractivity (Wildman–Crippen MR) is 79.9 cm³/mol. The van der Waals surface area contributed by atoms with Crippen LogP contribution >= 0.6 is 22.9 Å². The molecule has 1 aliphatic rings. The number of hydrogen-bond donors (Lipinski definition) is 1. The summed E-state index contributed by atoms with van der Waals surface area (Å²) in [4.78, 5) is 1.45. The molecule has 1 unspecified atom stereocenters. The van der Waals surface area contributed by atoms with Crippen molar-refractivity contribution in [2.24, 2.45) is 0 Å². The summed E-state index contributed by atoms with van der Waals surface area (Å²) in [6.07, 6.45) is 2.32. The van der Waals surface area contributed by atoms with Gasteiger partial charge in [-0.2, -0.15) is 0 Å². The molecule has 3 rings (SSSR count). The maximum Gasteiger partial charge on any atom is 0.0934 e. The molecule has 1 N–H and O–H groups in total. The van der Waals surface area contributed by atoms with Crippen molar-refractivity contribution in [3.8, 4) is 0 Å². The first-order chi connectivity index (χ1) is 8.63. The van der Waals surface area contributed by atoms with Crippen LogP contribution in [0.4, 0.5) is 5.69 Å². The Balaban J connectivity index is 1.83. The van der Waals surface area contributed by atoms with Crippen LogP contribution in [0.2, 0.25) is 4.34 Å². The monoisotopic (exact) mass is 277 g/mol. The fourth-order valence-electron chi connectivity index (χ4n) is 2.51. The zero-order valence-corrected chi connectivity index (χ0v) is 12.2. The van der Waals surface area contributed by atoms with Crippen molar-refractivity contribution in [3.05, 3.63) is 50.2 Å². The first-order valence-corrected chi connectivity index (χ1v) is 7.45. The van der Waals surface area contributed by atoms with E-state index in [2.05, 4.69) is 43.4 Å². The lowest BCUT2D eigenvalue weighted by Gasteiger charge is -2.15. The Bertz CT molecular complexity index is 588. The van der Waals surface area contributed by atoms with E-state index in [0.29, 0.717) is 6.04 Å². The van der Waals surface area contributed by atoms with Crippen LogP contribution in [0.5, 0.6) is 0 Å². The van der Waals surface area contributed by atoms with Gasteiger partial charge in [-0.05, 0) is 61.6 Å². The molecule has 0 fully saturated rings. The van der Waals surface area contributed by atoms with Crippen molar-refractivity contribution < 1.29 is 0 Å². The lowest BCUT2D eigenvalue weighted by atomic mass is 10.1. The molecule has 94 valence electrons. The number of anilines is 1. The Morgan fingerprint density at radius 1 is 1.22 bits per heavy atom. The number of halogens is 1. The van der Waals surface area contributed by atoms with E-state index in [9.17, 15) is 0 Å². The molecule has 18 heavy (non-hydrogen) atoms. The van der Waals surface area contributed by atoms with Gasteiger partial charge in [0.2, 0.25) is 0 Å². The third-order valence-corrected chi connectivity index (χ3v) is 5.03. The van der Waals surface area contributed by atoms with Crippen LogP contribution in [0.3, 0.4) is 0 Å². The van der Waals surface area contributed by atoms with E-state index >= 15 is 0 Å². The van der Waals surface area contributed by atoms with Crippen molar-refractivity contribution >= 4 is 28.6 Å². The minimum absolute atomic E-state index is 0.422. The molecule has 1 aliphatic carbocycles. The largest absolute Gasteiger partial charge is 0.378 e. The van der Waals surface area contributed by atoms with Gasteiger partial charge in [-0.15, -0.1) is 11.3 Å². The maximum atomic E-state index is 6.08. The van der Waals surface area contributed by atoms with E-state index < -0.39 is 0 Å². The third kappa shape index (κ3) is 2.15. The van der Waals surface area contributed by atoms with Crippen LogP contribution in [-0.4, -0.2) is 0 Å². The number of rotatable bonds is 2. The second-order valence-electron chi connectivity index (χ2n) is 4.96. The first-order valence-electron chi connectivity index (χ1n) is 6.25. The standard InChI is InChI=1S/C15H16ClNS/c1-9-3-4-11(7-10(9)2)17-13-5-6-14-12(13)8-15(16)18-14/h3-4,7-8,13,17H,5-6H2,1-2H3. The van der Waals surface area contributed by atoms with Crippen molar-refractivity contribution in [3.63, 3.8) is 0 Å². The van der Waals surface area contributed by atoms with Crippen LogP contribution in [-0.2, 0) is 6.42 Å².